The molecule has 2 saturated heterocycles. The van der Waals surface area contributed by atoms with Crippen LogP contribution in [0.4, 0.5) is 4.79 Å². The van der Waals surface area contributed by atoms with Crippen molar-refractivity contribution in [3.63, 3.8) is 0 Å². The van der Waals surface area contributed by atoms with Crippen molar-refractivity contribution in [2.24, 2.45) is 5.92 Å². The first-order valence-corrected chi connectivity index (χ1v) is 11.0. The van der Waals surface area contributed by atoms with Crippen molar-refractivity contribution in [3.05, 3.63) is 0 Å². The summed E-state index contributed by atoms with van der Waals surface area (Å²) in [7, 11) is 0. The Bertz CT molecular complexity index is 381. The molecule has 1 amide bonds. The van der Waals surface area contributed by atoms with Crippen LogP contribution in [0.2, 0.25) is 0 Å². The summed E-state index contributed by atoms with van der Waals surface area (Å²) in [4.78, 5) is 14.2. The Labute approximate surface area is 149 Å². The molecule has 2 heterocycles. The van der Waals surface area contributed by atoms with E-state index in [2.05, 4.69) is 35.8 Å². The van der Waals surface area contributed by atoms with Crippen molar-refractivity contribution in [1.82, 2.24) is 10.2 Å². The van der Waals surface area contributed by atoms with Gasteiger partial charge in [0.2, 0.25) is 0 Å². The van der Waals surface area contributed by atoms with Crippen LogP contribution in [-0.4, -0.2) is 64.8 Å². The number of carbonyl (C=O) groups excluding carboxylic acids is 1. The second kappa shape index (κ2) is 8.86. The van der Waals surface area contributed by atoms with Crippen LogP contribution in [-0.2, 0) is 4.74 Å². The van der Waals surface area contributed by atoms with E-state index >= 15 is 0 Å². The summed E-state index contributed by atoms with van der Waals surface area (Å²) in [5.41, 5.74) is -0.413. The van der Waals surface area contributed by atoms with Crippen molar-refractivity contribution in [3.8, 4) is 0 Å². The van der Waals surface area contributed by atoms with Crippen LogP contribution in [0, 0.1) is 5.92 Å². The lowest BCUT2D eigenvalue weighted by Crippen LogP contribution is -2.49. The van der Waals surface area contributed by atoms with Gasteiger partial charge in [-0.3, -0.25) is 0 Å². The highest BCUT2D eigenvalue weighted by molar-refractivity contribution is 8.06. The average Bonchev–Trinajstić information content (AvgIpc) is 2.52. The van der Waals surface area contributed by atoms with Crippen LogP contribution in [0.15, 0.2) is 0 Å². The van der Waals surface area contributed by atoms with Gasteiger partial charge in [0.25, 0.3) is 0 Å². The molecule has 0 aromatic rings. The molecular formula is C17H32N2O2S2. The predicted octanol–water partition coefficient (Wildman–Crippen LogP) is 3.46. The molecule has 3 unspecified atom stereocenters. The van der Waals surface area contributed by atoms with Gasteiger partial charge in [0.1, 0.15) is 5.60 Å². The molecule has 0 aliphatic carbocycles. The van der Waals surface area contributed by atoms with Crippen LogP contribution in [0.25, 0.3) is 0 Å². The average molecular weight is 361 g/mol. The highest BCUT2D eigenvalue weighted by Gasteiger charge is 2.30. The number of carbonyl (C=O) groups is 1. The number of likely N-dealkylation sites (tertiary alicyclic amines) is 1. The summed E-state index contributed by atoms with van der Waals surface area (Å²) < 4.78 is 5.52. The van der Waals surface area contributed by atoms with Crippen molar-refractivity contribution in [2.75, 3.05) is 36.9 Å². The predicted molar refractivity (Wildman–Crippen MR) is 102 cm³/mol. The topological polar surface area (TPSA) is 41.6 Å². The van der Waals surface area contributed by atoms with Crippen LogP contribution in [0.3, 0.4) is 0 Å². The van der Waals surface area contributed by atoms with Gasteiger partial charge in [-0.2, -0.15) is 23.5 Å². The van der Waals surface area contributed by atoms with E-state index in [1.807, 2.05) is 25.7 Å². The summed E-state index contributed by atoms with van der Waals surface area (Å²) >= 11 is 4.17. The fourth-order valence-corrected chi connectivity index (χ4v) is 5.67. The molecule has 1 N–H and O–H groups in total. The van der Waals surface area contributed by atoms with Crippen molar-refractivity contribution >= 4 is 29.6 Å². The Hall–Kier alpha value is -0.0700. The smallest absolute Gasteiger partial charge is 0.410 e. The second-order valence-corrected chi connectivity index (χ2v) is 10.2. The maximum Gasteiger partial charge on any atom is 0.410 e. The molecule has 0 saturated carbocycles. The normalized spacial score (nSPS) is 27.6. The number of hydrogen-bond acceptors (Lipinski definition) is 5. The second-order valence-electron chi connectivity index (χ2n) is 7.59. The number of rotatable bonds is 4. The van der Waals surface area contributed by atoms with E-state index in [1.165, 1.54) is 23.7 Å². The lowest BCUT2D eigenvalue weighted by atomic mass is 9.91. The maximum atomic E-state index is 12.3. The monoisotopic (exact) mass is 360 g/mol. The SMILES string of the molecule is CC(NCC1CSCCS1)C1CCCN(C(=O)OC(C)(C)C)C1. The molecule has 0 radical (unpaired) electrons. The number of amides is 1. The molecule has 0 spiro atoms. The first-order valence-electron chi connectivity index (χ1n) is 8.76. The summed E-state index contributed by atoms with van der Waals surface area (Å²) in [5.74, 6) is 4.36. The maximum absolute atomic E-state index is 12.3. The molecule has 0 aromatic carbocycles. The van der Waals surface area contributed by atoms with Crippen molar-refractivity contribution in [1.29, 1.82) is 0 Å². The van der Waals surface area contributed by atoms with E-state index in [0.29, 0.717) is 12.0 Å². The molecule has 2 rings (SSSR count). The van der Waals surface area contributed by atoms with Crippen LogP contribution < -0.4 is 5.32 Å². The Morgan fingerprint density at radius 3 is 2.83 bits per heavy atom. The molecule has 3 atom stereocenters. The number of nitrogens with zero attached hydrogens (tertiary/aromatic N) is 1. The van der Waals surface area contributed by atoms with Gasteiger partial charge in [0, 0.05) is 48.2 Å². The van der Waals surface area contributed by atoms with Crippen LogP contribution in [0.1, 0.15) is 40.5 Å². The molecule has 134 valence electrons. The van der Waals surface area contributed by atoms with Gasteiger partial charge in [-0.05, 0) is 46.5 Å². The quantitative estimate of drug-likeness (QED) is 0.831. The molecule has 2 fully saturated rings. The van der Waals surface area contributed by atoms with E-state index in [9.17, 15) is 4.79 Å². The Kier molecular flexibility index (Phi) is 7.42. The van der Waals surface area contributed by atoms with Gasteiger partial charge in [0.15, 0.2) is 0 Å². The van der Waals surface area contributed by atoms with E-state index in [-0.39, 0.29) is 6.09 Å². The Morgan fingerprint density at radius 1 is 1.39 bits per heavy atom. The van der Waals surface area contributed by atoms with Crippen molar-refractivity contribution < 1.29 is 9.53 Å². The van der Waals surface area contributed by atoms with E-state index in [0.717, 1.165) is 31.3 Å². The van der Waals surface area contributed by atoms with Gasteiger partial charge >= 0.3 is 6.09 Å². The number of thioether (sulfide) groups is 2. The molecule has 23 heavy (non-hydrogen) atoms. The zero-order valence-electron chi connectivity index (χ0n) is 15.0. The highest BCUT2D eigenvalue weighted by Crippen LogP contribution is 2.25. The third-order valence-corrected chi connectivity index (χ3v) is 7.21. The van der Waals surface area contributed by atoms with Gasteiger partial charge in [-0.25, -0.2) is 4.79 Å². The molecule has 0 aromatic heterocycles. The lowest BCUT2D eigenvalue weighted by molar-refractivity contribution is 0.0149. The standard InChI is InChI=1S/C17H32N2O2S2/c1-13(18-10-15-12-22-8-9-23-15)14-6-5-7-19(11-14)16(20)21-17(2,3)4/h13-15,18H,5-12H2,1-4H3. The van der Waals surface area contributed by atoms with Gasteiger partial charge < -0.3 is 15.0 Å². The van der Waals surface area contributed by atoms with Gasteiger partial charge in [-0.15, -0.1) is 0 Å². The zero-order valence-corrected chi connectivity index (χ0v) is 16.6. The fourth-order valence-electron chi connectivity index (χ4n) is 3.05. The van der Waals surface area contributed by atoms with E-state index in [1.54, 1.807) is 0 Å². The largest absolute Gasteiger partial charge is 0.444 e. The molecule has 2 aliphatic heterocycles. The van der Waals surface area contributed by atoms with E-state index < -0.39 is 5.60 Å². The molecule has 4 nitrogen and oxygen atoms in total. The molecule has 0 bridgehead atoms. The Morgan fingerprint density at radius 2 is 2.17 bits per heavy atom. The zero-order chi connectivity index (χ0) is 16.9. The third kappa shape index (κ3) is 6.75. The number of hydrogen-bond donors (Lipinski definition) is 1. The fraction of sp³-hybridized carbons (Fsp3) is 0.941. The lowest BCUT2D eigenvalue weighted by Gasteiger charge is -2.37. The van der Waals surface area contributed by atoms with Gasteiger partial charge in [-0.1, -0.05) is 0 Å². The number of piperidine rings is 1. The van der Waals surface area contributed by atoms with E-state index in [4.69, 9.17) is 4.74 Å². The Balaban J connectivity index is 1.76. The number of nitrogens with one attached hydrogen (secondary N) is 1. The summed E-state index contributed by atoms with van der Waals surface area (Å²) in [6, 6.07) is 0.452. The number of ether oxygens (including phenoxy) is 1. The molecular weight excluding hydrogens is 328 g/mol. The summed E-state index contributed by atoms with van der Waals surface area (Å²) in [6.07, 6.45) is 2.11. The minimum atomic E-state index is -0.413. The highest BCUT2D eigenvalue weighted by atomic mass is 32.2. The molecule has 2 aliphatic rings. The van der Waals surface area contributed by atoms with Gasteiger partial charge in [0.05, 0.1) is 0 Å². The minimum Gasteiger partial charge on any atom is -0.444 e. The molecule has 6 heteroatoms. The van der Waals surface area contributed by atoms with Crippen molar-refractivity contribution in [2.45, 2.75) is 57.4 Å². The third-order valence-electron chi connectivity index (χ3n) is 4.37. The summed E-state index contributed by atoms with van der Waals surface area (Å²) in [5, 5.41) is 4.45. The van der Waals surface area contributed by atoms with Crippen LogP contribution >= 0.6 is 23.5 Å². The first-order chi connectivity index (χ1) is 10.8. The first kappa shape index (κ1) is 19.3. The minimum absolute atomic E-state index is 0.159. The summed E-state index contributed by atoms with van der Waals surface area (Å²) in [6.45, 7) is 10.8. The van der Waals surface area contributed by atoms with Crippen LogP contribution in [0.5, 0.6) is 0 Å².